The minimum absolute atomic E-state index is 0.246. The lowest BCUT2D eigenvalue weighted by Gasteiger charge is -2.00. The van der Waals surface area contributed by atoms with Crippen LogP contribution >= 0.6 is 34.4 Å². The van der Waals surface area contributed by atoms with Crippen LogP contribution in [0.4, 0.5) is 5.13 Å². The fourth-order valence-corrected chi connectivity index (χ4v) is 4.82. The van der Waals surface area contributed by atoms with Crippen LogP contribution in [-0.4, -0.2) is 31.6 Å². The molecule has 4 aromatic rings. The van der Waals surface area contributed by atoms with Crippen molar-refractivity contribution in [2.45, 2.75) is 11.3 Å². The number of carbonyl (C=O) groups excluding carboxylic acids is 1. The number of thioether (sulfide) groups is 1. The molecule has 4 rings (SSSR count). The molecule has 3 aromatic heterocycles. The number of carbonyl (C=O) groups is 1. The lowest BCUT2D eigenvalue weighted by molar-refractivity contribution is 0.102. The summed E-state index contributed by atoms with van der Waals surface area (Å²) in [6.45, 7) is 2.05. The molecule has 27 heavy (non-hydrogen) atoms. The van der Waals surface area contributed by atoms with Crippen LogP contribution in [0.15, 0.2) is 58.4 Å². The SMILES string of the molecule is CCSc1nnc(NC(=O)c2cn(-c3ccccc3)nc2-c2cccs2)s1. The number of rotatable bonds is 6. The normalized spacial score (nSPS) is 10.9. The highest BCUT2D eigenvalue weighted by Crippen LogP contribution is 2.29. The molecule has 0 spiro atoms. The molecule has 0 atom stereocenters. The minimum atomic E-state index is -0.246. The third-order valence-corrected chi connectivity index (χ3v) is 6.36. The summed E-state index contributed by atoms with van der Waals surface area (Å²) in [5.74, 6) is 0.666. The quantitative estimate of drug-likeness (QED) is 0.362. The minimum Gasteiger partial charge on any atom is -0.296 e. The molecular weight excluding hydrogens is 398 g/mol. The molecule has 0 bridgehead atoms. The van der Waals surface area contributed by atoms with E-state index >= 15 is 0 Å². The second kappa shape index (κ2) is 8.03. The van der Waals surface area contributed by atoms with E-state index in [0.29, 0.717) is 16.4 Å². The molecule has 1 amide bonds. The van der Waals surface area contributed by atoms with Gasteiger partial charge >= 0.3 is 0 Å². The van der Waals surface area contributed by atoms with Gasteiger partial charge in [0.05, 0.1) is 16.1 Å². The van der Waals surface area contributed by atoms with E-state index in [2.05, 4.69) is 27.5 Å². The van der Waals surface area contributed by atoms with Crippen molar-refractivity contribution < 1.29 is 4.79 Å². The number of nitrogens with zero attached hydrogens (tertiary/aromatic N) is 4. The third kappa shape index (κ3) is 3.95. The van der Waals surface area contributed by atoms with E-state index in [9.17, 15) is 4.79 Å². The van der Waals surface area contributed by atoms with E-state index in [-0.39, 0.29) is 5.91 Å². The molecule has 136 valence electrons. The summed E-state index contributed by atoms with van der Waals surface area (Å²) in [6.07, 6.45) is 1.75. The van der Waals surface area contributed by atoms with Gasteiger partial charge in [-0.05, 0) is 29.3 Å². The first-order chi connectivity index (χ1) is 13.2. The molecule has 0 saturated heterocycles. The van der Waals surface area contributed by atoms with Gasteiger partial charge in [0.1, 0.15) is 5.69 Å². The number of thiophene rings is 1. The second-order valence-electron chi connectivity index (χ2n) is 5.41. The highest BCUT2D eigenvalue weighted by molar-refractivity contribution is 8.01. The average Bonchev–Trinajstić information content (AvgIpc) is 3.43. The van der Waals surface area contributed by atoms with Crippen LogP contribution in [0.25, 0.3) is 16.3 Å². The lowest BCUT2D eigenvalue weighted by atomic mass is 10.2. The largest absolute Gasteiger partial charge is 0.296 e. The number of para-hydroxylation sites is 1. The zero-order valence-electron chi connectivity index (χ0n) is 14.3. The standard InChI is InChI=1S/C18H15N5OS3/c1-2-25-18-21-20-17(27-18)19-16(24)13-11-23(12-7-4-3-5-8-12)22-15(13)14-9-6-10-26-14/h3-11H,2H2,1H3,(H,19,20,24). The summed E-state index contributed by atoms with van der Waals surface area (Å²) < 4.78 is 2.56. The molecule has 0 radical (unpaired) electrons. The molecule has 6 nitrogen and oxygen atoms in total. The van der Waals surface area contributed by atoms with Crippen LogP contribution in [0.2, 0.25) is 0 Å². The van der Waals surface area contributed by atoms with Gasteiger partial charge in [-0.1, -0.05) is 54.3 Å². The van der Waals surface area contributed by atoms with Crippen LogP contribution in [-0.2, 0) is 0 Å². The van der Waals surface area contributed by atoms with Crippen molar-refractivity contribution in [2.75, 3.05) is 11.1 Å². The zero-order valence-corrected chi connectivity index (χ0v) is 16.8. The van der Waals surface area contributed by atoms with Crippen molar-refractivity contribution in [1.29, 1.82) is 0 Å². The van der Waals surface area contributed by atoms with E-state index < -0.39 is 0 Å². The van der Waals surface area contributed by atoms with E-state index in [4.69, 9.17) is 0 Å². The maximum absolute atomic E-state index is 12.9. The van der Waals surface area contributed by atoms with E-state index in [0.717, 1.165) is 20.7 Å². The van der Waals surface area contributed by atoms with Gasteiger partial charge in [-0.3, -0.25) is 10.1 Å². The van der Waals surface area contributed by atoms with Crippen LogP contribution in [0, 0.1) is 0 Å². The number of anilines is 1. The first kappa shape index (κ1) is 17.9. The summed E-state index contributed by atoms with van der Waals surface area (Å²) in [7, 11) is 0. The van der Waals surface area contributed by atoms with Gasteiger partial charge in [-0.15, -0.1) is 21.5 Å². The molecule has 0 saturated carbocycles. The highest BCUT2D eigenvalue weighted by atomic mass is 32.2. The molecule has 0 aliphatic rings. The van der Waals surface area contributed by atoms with Crippen LogP contribution in [0.3, 0.4) is 0 Å². The zero-order chi connectivity index (χ0) is 18.6. The summed E-state index contributed by atoms with van der Waals surface area (Å²) in [5.41, 5.74) is 2.05. The Balaban J connectivity index is 1.67. The number of hydrogen-bond donors (Lipinski definition) is 1. The Morgan fingerprint density at radius 1 is 1.19 bits per heavy atom. The number of benzene rings is 1. The molecule has 9 heteroatoms. The van der Waals surface area contributed by atoms with Crippen LogP contribution in [0.1, 0.15) is 17.3 Å². The topological polar surface area (TPSA) is 72.7 Å². The van der Waals surface area contributed by atoms with Gasteiger partial charge in [0.2, 0.25) is 5.13 Å². The summed E-state index contributed by atoms with van der Waals surface area (Å²) >= 11 is 4.52. The molecule has 0 aliphatic heterocycles. The van der Waals surface area contributed by atoms with Crippen molar-refractivity contribution in [3.63, 3.8) is 0 Å². The van der Waals surface area contributed by atoms with Gasteiger partial charge in [0.25, 0.3) is 5.91 Å². The van der Waals surface area contributed by atoms with Crippen molar-refractivity contribution in [3.8, 4) is 16.3 Å². The predicted octanol–water partition coefficient (Wildman–Crippen LogP) is 4.82. The fourth-order valence-electron chi connectivity index (χ4n) is 2.45. The maximum atomic E-state index is 12.9. The maximum Gasteiger partial charge on any atom is 0.261 e. The Bertz CT molecular complexity index is 1040. The van der Waals surface area contributed by atoms with Crippen molar-refractivity contribution in [1.82, 2.24) is 20.0 Å². The van der Waals surface area contributed by atoms with Crippen molar-refractivity contribution >= 4 is 45.5 Å². The monoisotopic (exact) mass is 413 g/mol. The van der Waals surface area contributed by atoms with Crippen molar-refractivity contribution in [3.05, 3.63) is 59.6 Å². The molecule has 1 aromatic carbocycles. The fraction of sp³-hybridized carbons (Fsp3) is 0.111. The van der Waals surface area contributed by atoms with Gasteiger partial charge in [-0.25, -0.2) is 4.68 Å². The van der Waals surface area contributed by atoms with Gasteiger partial charge in [0, 0.05) is 6.20 Å². The third-order valence-electron chi connectivity index (χ3n) is 3.63. The van der Waals surface area contributed by atoms with Crippen molar-refractivity contribution in [2.24, 2.45) is 0 Å². The van der Waals surface area contributed by atoms with Gasteiger partial charge in [0.15, 0.2) is 4.34 Å². The summed E-state index contributed by atoms with van der Waals surface area (Å²) in [4.78, 5) is 13.9. The number of amides is 1. The Morgan fingerprint density at radius 3 is 2.78 bits per heavy atom. The van der Waals surface area contributed by atoms with Crippen LogP contribution in [0.5, 0.6) is 0 Å². The molecule has 0 fully saturated rings. The second-order valence-corrected chi connectivity index (χ2v) is 8.85. The van der Waals surface area contributed by atoms with Gasteiger partial charge in [-0.2, -0.15) is 5.10 Å². The number of nitrogens with one attached hydrogen (secondary N) is 1. The molecular formula is C18H15N5OS3. The van der Waals surface area contributed by atoms with Gasteiger partial charge < -0.3 is 0 Å². The number of hydrogen-bond acceptors (Lipinski definition) is 7. The average molecular weight is 414 g/mol. The first-order valence-corrected chi connectivity index (χ1v) is 10.9. The molecule has 3 heterocycles. The van der Waals surface area contributed by atoms with Crippen LogP contribution < -0.4 is 5.32 Å². The van der Waals surface area contributed by atoms with E-state index in [1.807, 2.05) is 47.8 Å². The predicted molar refractivity (Wildman–Crippen MR) is 111 cm³/mol. The smallest absolute Gasteiger partial charge is 0.261 e. The Labute approximate surface area is 168 Å². The Hall–Kier alpha value is -2.49. The van der Waals surface area contributed by atoms with E-state index in [1.165, 1.54) is 11.3 Å². The lowest BCUT2D eigenvalue weighted by Crippen LogP contribution is -2.12. The first-order valence-electron chi connectivity index (χ1n) is 8.21. The number of aromatic nitrogens is 4. The molecule has 0 unspecified atom stereocenters. The summed E-state index contributed by atoms with van der Waals surface area (Å²) in [6, 6.07) is 13.6. The van der Waals surface area contributed by atoms with E-state index in [1.54, 1.807) is 34.0 Å². The Morgan fingerprint density at radius 2 is 2.04 bits per heavy atom. The molecule has 1 N–H and O–H groups in total. The summed E-state index contributed by atoms with van der Waals surface area (Å²) in [5, 5.41) is 18.1. The Kier molecular flexibility index (Phi) is 5.33. The highest BCUT2D eigenvalue weighted by Gasteiger charge is 2.20. The molecule has 0 aliphatic carbocycles.